The molecular weight excluding hydrogens is 274 g/mol. The van der Waals surface area contributed by atoms with Gasteiger partial charge in [0, 0.05) is 5.75 Å². The summed E-state index contributed by atoms with van der Waals surface area (Å²) in [5.74, 6) is -0.854. The van der Waals surface area contributed by atoms with Crippen LogP contribution in [0.25, 0.3) is 0 Å². The Labute approximate surface area is 110 Å². The first-order chi connectivity index (χ1) is 9.02. The molecule has 2 aromatic heterocycles. The molecule has 2 N–H and O–H groups in total. The van der Waals surface area contributed by atoms with E-state index in [1.165, 1.54) is 10.9 Å². The Morgan fingerprint density at radius 1 is 1.74 bits per heavy atom. The molecule has 2 aromatic rings. The maximum atomic E-state index is 11.5. The fourth-order valence-corrected chi connectivity index (χ4v) is 1.79. The van der Waals surface area contributed by atoms with Gasteiger partial charge in [-0.3, -0.25) is 9.32 Å². The van der Waals surface area contributed by atoms with E-state index in [-0.39, 0.29) is 16.8 Å². The van der Waals surface area contributed by atoms with Crippen molar-refractivity contribution in [2.24, 2.45) is 12.0 Å². The van der Waals surface area contributed by atoms with Gasteiger partial charge >= 0.3 is 5.88 Å². The van der Waals surface area contributed by atoms with Crippen LogP contribution in [-0.4, -0.2) is 32.0 Å². The molecule has 0 unspecified atom stereocenters. The van der Waals surface area contributed by atoms with Gasteiger partial charge in [0.1, 0.15) is 0 Å². The van der Waals surface area contributed by atoms with Crippen LogP contribution in [0.15, 0.2) is 31.7 Å². The van der Waals surface area contributed by atoms with Gasteiger partial charge in [-0.25, -0.2) is 4.99 Å². The van der Waals surface area contributed by atoms with Crippen molar-refractivity contribution in [3.63, 3.8) is 0 Å². The van der Waals surface area contributed by atoms with Gasteiger partial charge in [0.25, 0.3) is 11.8 Å². The molecule has 0 spiro atoms. The maximum absolute atomic E-state index is 11.5. The molecule has 100 valence electrons. The normalized spacial score (nSPS) is 11.7. The number of nitrogens with one attached hydrogen (secondary N) is 1. The highest BCUT2D eigenvalue weighted by molar-refractivity contribution is 7.99. The molecule has 0 aliphatic carbocycles. The summed E-state index contributed by atoms with van der Waals surface area (Å²) in [4.78, 5) is 20.7. The third-order valence-electron chi connectivity index (χ3n) is 1.83. The van der Waals surface area contributed by atoms with E-state index in [4.69, 9.17) is 9.63 Å². The summed E-state index contributed by atoms with van der Waals surface area (Å²) in [6.07, 6.45) is 1.44. The summed E-state index contributed by atoms with van der Waals surface area (Å²) in [7, 11) is 1.63. The second kappa shape index (κ2) is 5.52. The van der Waals surface area contributed by atoms with E-state index < -0.39 is 17.3 Å². The molecule has 0 aliphatic heterocycles. The highest BCUT2D eigenvalue weighted by Gasteiger charge is 2.05. The lowest BCUT2D eigenvalue weighted by molar-refractivity contribution is -0.739. The van der Waals surface area contributed by atoms with Gasteiger partial charge < -0.3 is 15.2 Å². The van der Waals surface area contributed by atoms with Crippen molar-refractivity contribution in [3.05, 3.63) is 22.6 Å². The Morgan fingerprint density at radius 3 is 3.16 bits per heavy atom. The van der Waals surface area contributed by atoms with Gasteiger partial charge in [-0.2, -0.15) is 4.98 Å². The molecular formula is C9H9N5O4S. The number of hydrogen-bond acceptors (Lipinski definition) is 8. The Bertz CT molecular complexity index is 665. The number of thioether (sulfide) groups is 1. The molecule has 0 aromatic carbocycles. The zero-order valence-electron chi connectivity index (χ0n) is 9.73. The second-order valence-corrected chi connectivity index (χ2v) is 4.38. The summed E-state index contributed by atoms with van der Waals surface area (Å²) >= 11 is 0.944. The average molecular weight is 283 g/mol. The number of H-pyrrole nitrogens is 1. The van der Waals surface area contributed by atoms with E-state index in [0.717, 1.165) is 17.8 Å². The van der Waals surface area contributed by atoms with Crippen molar-refractivity contribution in [2.75, 3.05) is 5.75 Å². The molecule has 19 heavy (non-hydrogen) atoms. The van der Waals surface area contributed by atoms with Crippen LogP contribution in [0.5, 0.6) is 5.88 Å². The standard InChI is InChI=1S/C9H9N5O4S/c1-14-3-8(18-13-14)10-7(17)4-19-9-11-5(15)2-6(16)12-9/h2-3H,4H2,1H3,(H2-,10,11,12,13,15,16,17). The third kappa shape index (κ3) is 3.81. The number of aromatic nitrogens is 4. The quantitative estimate of drug-likeness (QED) is 0.229. The SMILES string of the molecule is C[n+]1cc(/N=C(\[O-])CSc2nc(O)cc(=O)[nH]2)on1. The number of aryl methyl sites for hydroxylation is 1. The van der Waals surface area contributed by atoms with Gasteiger partial charge in [0.15, 0.2) is 17.5 Å². The van der Waals surface area contributed by atoms with E-state index in [1.807, 2.05) is 0 Å². The van der Waals surface area contributed by atoms with Crippen LogP contribution in [0, 0.1) is 0 Å². The van der Waals surface area contributed by atoms with E-state index in [9.17, 15) is 9.90 Å². The summed E-state index contributed by atoms with van der Waals surface area (Å²) < 4.78 is 6.10. The van der Waals surface area contributed by atoms with Crippen LogP contribution in [0.3, 0.4) is 0 Å². The second-order valence-electron chi connectivity index (χ2n) is 3.42. The first-order valence-corrected chi connectivity index (χ1v) is 6.02. The molecule has 0 amide bonds. The number of aliphatic imine (C=N–C) groups is 1. The Hall–Kier alpha value is -2.36. The number of nitrogens with zero attached hydrogens (tertiary/aromatic N) is 4. The fourth-order valence-electron chi connectivity index (χ4n) is 1.14. The van der Waals surface area contributed by atoms with Gasteiger partial charge in [-0.1, -0.05) is 16.4 Å². The molecule has 0 atom stereocenters. The van der Waals surface area contributed by atoms with Crippen LogP contribution >= 0.6 is 11.8 Å². The fraction of sp³-hybridized carbons (Fsp3) is 0.222. The Kier molecular flexibility index (Phi) is 3.80. The average Bonchev–Trinajstić information content (AvgIpc) is 2.71. The molecule has 2 heterocycles. The minimum Gasteiger partial charge on any atom is -0.861 e. The monoisotopic (exact) mass is 283 g/mol. The number of aromatic amines is 1. The van der Waals surface area contributed by atoms with Crippen molar-refractivity contribution in [1.29, 1.82) is 0 Å². The predicted octanol–water partition coefficient (Wildman–Crippen LogP) is -1.53. The topological polar surface area (TPSA) is 131 Å². The van der Waals surface area contributed by atoms with Gasteiger partial charge in [-0.15, -0.1) is 0 Å². The minimum atomic E-state index is -0.498. The minimum absolute atomic E-state index is 0.0587. The summed E-state index contributed by atoms with van der Waals surface area (Å²) in [5, 5.41) is 24.3. The highest BCUT2D eigenvalue weighted by atomic mass is 32.2. The molecule has 2 rings (SSSR count). The Morgan fingerprint density at radius 2 is 2.53 bits per heavy atom. The zero-order chi connectivity index (χ0) is 13.8. The van der Waals surface area contributed by atoms with Crippen molar-refractivity contribution in [3.8, 4) is 5.88 Å². The van der Waals surface area contributed by atoms with Crippen molar-refractivity contribution in [1.82, 2.24) is 15.2 Å². The summed E-state index contributed by atoms with van der Waals surface area (Å²) in [6, 6.07) is 0.935. The van der Waals surface area contributed by atoms with Crippen molar-refractivity contribution < 1.29 is 19.4 Å². The first kappa shape index (κ1) is 13.1. The Balaban J connectivity index is 2.02. The number of rotatable bonds is 4. The van der Waals surface area contributed by atoms with Gasteiger partial charge in [0.2, 0.25) is 5.88 Å². The molecule has 0 saturated heterocycles. The van der Waals surface area contributed by atoms with E-state index in [2.05, 4.69) is 20.2 Å². The smallest absolute Gasteiger partial charge is 0.320 e. The first-order valence-electron chi connectivity index (χ1n) is 5.03. The van der Waals surface area contributed by atoms with Crippen LogP contribution in [0.1, 0.15) is 0 Å². The van der Waals surface area contributed by atoms with Crippen molar-refractivity contribution in [2.45, 2.75) is 5.16 Å². The zero-order valence-corrected chi connectivity index (χ0v) is 10.5. The molecule has 10 heteroatoms. The predicted molar refractivity (Wildman–Crippen MR) is 62.0 cm³/mol. The number of hydrogen-bond donors (Lipinski definition) is 2. The molecule has 0 bridgehead atoms. The van der Waals surface area contributed by atoms with E-state index in [1.54, 1.807) is 7.05 Å². The van der Waals surface area contributed by atoms with Crippen molar-refractivity contribution >= 4 is 23.5 Å². The van der Waals surface area contributed by atoms with Crippen LogP contribution in [-0.2, 0) is 7.05 Å². The lowest BCUT2D eigenvalue weighted by Crippen LogP contribution is -2.27. The molecule has 0 fully saturated rings. The van der Waals surface area contributed by atoms with Crippen LogP contribution in [0.4, 0.5) is 5.88 Å². The molecule has 0 saturated carbocycles. The summed E-state index contributed by atoms with van der Waals surface area (Å²) in [6.45, 7) is 0. The van der Waals surface area contributed by atoms with Gasteiger partial charge in [-0.05, 0) is 5.90 Å². The molecule has 0 aliphatic rings. The number of aromatic hydroxyl groups is 1. The lowest BCUT2D eigenvalue weighted by Gasteiger charge is -2.07. The van der Waals surface area contributed by atoms with E-state index >= 15 is 0 Å². The highest BCUT2D eigenvalue weighted by Crippen LogP contribution is 2.14. The third-order valence-corrected chi connectivity index (χ3v) is 2.69. The maximum Gasteiger partial charge on any atom is 0.320 e. The largest absolute Gasteiger partial charge is 0.861 e. The van der Waals surface area contributed by atoms with Crippen LogP contribution < -0.4 is 15.3 Å². The molecule has 9 nitrogen and oxygen atoms in total. The lowest BCUT2D eigenvalue weighted by atomic mass is 10.6. The summed E-state index contributed by atoms with van der Waals surface area (Å²) in [5.41, 5.74) is -0.498. The molecule has 0 radical (unpaired) electrons. The van der Waals surface area contributed by atoms with E-state index in [0.29, 0.717) is 0 Å². The van der Waals surface area contributed by atoms with Crippen LogP contribution in [0.2, 0.25) is 0 Å². The van der Waals surface area contributed by atoms with Gasteiger partial charge in [0.05, 0.1) is 6.07 Å².